The monoisotopic (exact) mass is 874 g/mol. The molecule has 1 aliphatic heterocycles. The summed E-state index contributed by atoms with van der Waals surface area (Å²) in [6.45, 7) is 4.62. The molecule has 7 bridgehead atoms. The second kappa shape index (κ2) is 14.0. The number of rotatable bonds is 6. The van der Waals surface area contributed by atoms with E-state index in [1.165, 1.54) is 122 Å². The molecule has 3 heterocycles. The van der Waals surface area contributed by atoms with E-state index in [2.05, 4.69) is 152 Å². The summed E-state index contributed by atoms with van der Waals surface area (Å²) in [5.41, 5.74) is 13.3. The van der Waals surface area contributed by atoms with E-state index < -0.39 is 5.41 Å². The minimum atomic E-state index is -0.674. The normalized spacial score (nSPS) is 29.4. The lowest BCUT2D eigenvalue weighted by Crippen LogP contribution is -2.49. The molecule has 0 radical (unpaired) electrons. The minimum Gasteiger partial charge on any atom is -0.456 e. The first-order valence-electron chi connectivity index (χ1n) is 25.7. The Morgan fingerprint density at radius 3 is 1.78 bits per heavy atom. The molecule has 16 rings (SSSR count). The van der Waals surface area contributed by atoms with Gasteiger partial charge in [-0.05, 0) is 178 Å². The number of fused-ring (bicyclic) bond motifs is 7. The lowest BCUT2D eigenvalue weighted by molar-refractivity contribution is -0.00974. The Morgan fingerprint density at radius 2 is 1.07 bits per heavy atom. The van der Waals surface area contributed by atoms with Crippen LogP contribution in [0, 0.1) is 49.4 Å². The molecule has 0 N–H and O–H groups in total. The molecule has 67 heavy (non-hydrogen) atoms. The van der Waals surface area contributed by atoms with Crippen molar-refractivity contribution < 1.29 is 4.42 Å². The largest absolute Gasteiger partial charge is 0.456 e. The van der Waals surface area contributed by atoms with Crippen molar-refractivity contribution in [3.05, 3.63) is 178 Å². The zero-order valence-electron chi connectivity index (χ0n) is 38.8. The molecule has 7 aliphatic carbocycles. The van der Waals surface area contributed by atoms with Gasteiger partial charge in [0.25, 0.3) is 0 Å². The zero-order valence-corrected chi connectivity index (χ0v) is 38.8. The van der Waals surface area contributed by atoms with E-state index in [1.54, 1.807) is 0 Å². The number of nitrogens with zero attached hydrogens (tertiary/aromatic N) is 4. The predicted molar refractivity (Wildman–Crippen MR) is 268 cm³/mol. The van der Waals surface area contributed by atoms with Crippen molar-refractivity contribution in [3.63, 3.8) is 0 Å². The van der Waals surface area contributed by atoms with Crippen molar-refractivity contribution in [2.45, 2.75) is 107 Å². The van der Waals surface area contributed by atoms with Crippen LogP contribution in [0.3, 0.4) is 0 Å². The molecule has 6 aromatic carbocycles. The third kappa shape index (κ3) is 5.46. The molecular weight excluding hydrogens is 817 g/mol. The van der Waals surface area contributed by atoms with Gasteiger partial charge in [0, 0.05) is 32.7 Å². The van der Waals surface area contributed by atoms with Crippen molar-refractivity contribution in [3.8, 4) is 11.4 Å². The maximum atomic E-state index is 6.94. The summed E-state index contributed by atoms with van der Waals surface area (Å²) in [7, 11) is 0. The molecule has 4 unspecified atom stereocenters. The highest BCUT2D eigenvalue weighted by Gasteiger charge is 2.57. The first-order chi connectivity index (χ1) is 32.9. The summed E-state index contributed by atoms with van der Waals surface area (Å²) in [4.78, 5) is 19.7. The van der Waals surface area contributed by atoms with Gasteiger partial charge in [-0.2, -0.15) is 0 Å². The number of furan rings is 1. The Labute approximate surface area is 394 Å². The number of para-hydroxylation sites is 4. The van der Waals surface area contributed by atoms with Crippen LogP contribution in [0.25, 0.3) is 33.3 Å². The number of aryl methyl sites for hydroxylation is 2. The van der Waals surface area contributed by atoms with Crippen LogP contribution >= 0.6 is 0 Å². The van der Waals surface area contributed by atoms with Gasteiger partial charge in [0.1, 0.15) is 22.8 Å². The first kappa shape index (κ1) is 39.0. The van der Waals surface area contributed by atoms with Gasteiger partial charge in [0.2, 0.25) is 0 Å². The van der Waals surface area contributed by atoms with Crippen molar-refractivity contribution in [2.75, 3.05) is 4.90 Å². The topological polar surface area (TPSA) is 55.1 Å². The molecular formula is C62H58N4O. The van der Waals surface area contributed by atoms with Crippen LogP contribution in [-0.4, -0.2) is 15.0 Å². The van der Waals surface area contributed by atoms with Gasteiger partial charge in [-0.3, -0.25) is 0 Å². The molecule has 2 aromatic heterocycles. The first-order valence-corrected chi connectivity index (χ1v) is 25.7. The molecule has 0 saturated heterocycles. The van der Waals surface area contributed by atoms with E-state index in [0.29, 0.717) is 0 Å². The van der Waals surface area contributed by atoms with Crippen LogP contribution in [-0.2, 0) is 16.2 Å². The standard InChI is InChI=1S/C62H58N4O/c1-37-25-44(57-63-58(60-32-40-27-41(33-60)29-42(28-40)34-60)65-59(64-57)61-31-39-23-24-43(35-61)45(30-39)36-61)26-38(2)55(37)66-52-20-9-7-17-49(52)62(46-13-4-3-5-14-46,50-18-8-10-21-53(50)66)51-19-12-16-48-47-15-6-11-22-54(47)67-56(48)51/h3-22,25-26,39-43,45H,23-24,27-36H2,1-2H3. The van der Waals surface area contributed by atoms with Gasteiger partial charge >= 0.3 is 0 Å². The van der Waals surface area contributed by atoms with Crippen molar-refractivity contribution in [1.82, 2.24) is 15.0 Å². The lowest BCUT2D eigenvalue weighted by Gasteiger charge is -2.56. The van der Waals surface area contributed by atoms with Crippen molar-refractivity contribution in [2.24, 2.45) is 35.5 Å². The Kier molecular flexibility index (Phi) is 8.14. The third-order valence-corrected chi connectivity index (χ3v) is 18.9. The predicted octanol–water partition coefficient (Wildman–Crippen LogP) is 15.2. The summed E-state index contributed by atoms with van der Waals surface area (Å²) in [6, 6.07) is 49.3. The van der Waals surface area contributed by atoms with Crippen LogP contribution in [0.15, 0.2) is 138 Å². The van der Waals surface area contributed by atoms with E-state index in [1.807, 2.05) is 0 Å². The average Bonchev–Trinajstić information content (AvgIpc) is 3.81. The van der Waals surface area contributed by atoms with Crippen molar-refractivity contribution in [1.29, 1.82) is 0 Å². The molecule has 8 aliphatic rings. The molecule has 0 spiro atoms. The molecule has 8 aromatic rings. The molecule has 0 amide bonds. The van der Waals surface area contributed by atoms with E-state index >= 15 is 0 Å². The number of benzene rings is 6. The lowest BCUT2D eigenvalue weighted by atomic mass is 9.49. The van der Waals surface area contributed by atoms with Gasteiger partial charge in [0.15, 0.2) is 5.82 Å². The average molecular weight is 875 g/mol. The van der Waals surface area contributed by atoms with Crippen LogP contribution in [0.5, 0.6) is 0 Å². The summed E-state index contributed by atoms with van der Waals surface area (Å²) in [6.07, 6.45) is 16.1. The highest BCUT2D eigenvalue weighted by molar-refractivity contribution is 6.07. The van der Waals surface area contributed by atoms with Gasteiger partial charge < -0.3 is 9.32 Å². The van der Waals surface area contributed by atoms with Crippen LogP contribution in [0.1, 0.15) is 122 Å². The Balaban J connectivity index is 0.916. The van der Waals surface area contributed by atoms with Crippen LogP contribution in [0.4, 0.5) is 17.1 Å². The number of aromatic nitrogens is 3. The maximum Gasteiger partial charge on any atom is 0.163 e. The summed E-state index contributed by atoms with van der Waals surface area (Å²) < 4.78 is 6.94. The van der Waals surface area contributed by atoms with Crippen molar-refractivity contribution >= 4 is 39.0 Å². The fourth-order valence-electron chi connectivity index (χ4n) is 17.0. The van der Waals surface area contributed by atoms with Crippen LogP contribution < -0.4 is 4.90 Å². The van der Waals surface area contributed by atoms with E-state index in [9.17, 15) is 0 Å². The van der Waals surface area contributed by atoms with Gasteiger partial charge in [0.05, 0.1) is 22.5 Å². The smallest absolute Gasteiger partial charge is 0.163 e. The Hall–Kier alpha value is -6.07. The third-order valence-electron chi connectivity index (χ3n) is 18.9. The summed E-state index contributed by atoms with van der Waals surface area (Å²) in [5, 5.41) is 2.28. The highest BCUT2D eigenvalue weighted by Crippen LogP contribution is 2.64. The molecule has 332 valence electrons. The second-order valence-corrected chi connectivity index (χ2v) is 22.8. The van der Waals surface area contributed by atoms with E-state index in [4.69, 9.17) is 19.4 Å². The number of anilines is 3. The van der Waals surface area contributed by atoms with E-state index in [0.717, 1.165) is 86.0 Å². The fourth-order valence-corrected chi connectivity index (χ4v) is 17.0. The second-order valence-electron chi connectivity index (χ2n) is 22.8. The Morgan fingerprint density at radius 1 is 0.507 bits per heavy atom. The fraction of sp³-hybridized carbons (Fsp3) is 0.371. The summed E-state index contributed by atoms with van der Waals surface area (Å²) >= 11 is 0. The number of hydrogen-bond acceptors (Lipinski definition) is 5. The molecule has 5 nitrogen and oxygen atoms in total. The maximum absolute atomic E-state index is 6.94. The molecule has 4 atom stereocenters. The van der Waals surface area contributed by atoms with E-state index in [-0.39, 0.29) is 10.8 Å². The Bertz CT molecular complexity index is 3200. The molecule has 7 saturated carbocycles. The quantitative estimate of drug-likeness (QED) is 0.167. The van der Waals surface area contributed by atoms with Gasteiger partial charge in [-0.15, -0.1) is 0 Å². The highest BCUT2D eigenvalue weighted by atomic mass is 16.3. The van der Waals surface area contributed by atoms with Gasteiger partial charge in [-0.25, -0.2) is 15.0 Å². The minimum absolute atomic E-state index is 0.104. The van der Waals surface area contributed by atoms with Gasteiger partial charge in [-0.1, -0.05) is 110 Å². The SMILES string of the molecule is Cc1cc(-c2nc(C34CC5CC(CC(C5)C3)C4)nc(C34CC5CCC(C3)C(C5)C4)n2)cc(C)c1N1c2ccccc2C(c2ccccc2)(c2cccc3c2oc2ccccc23)c2ccccc21. The summed E-state index contributed by atoms with van der Waals surface area (Å²) in [5.74, 6) is 8.23. The van der Waals surface area contributed by atoms with Crippen LogP contribution in [0.2, 0.25) is 0 Å². The molecule has 7 fully saturated rings. The zero-order chi connectivity index (χ0) is 44.2. The number of hydrogen-bond donors (Lipinski definition) is 0. The molecule has 5 heteroatoms.